The number of aromatic nitrogens is 1. The zero-order valence-corrected chi connectivity index (χ0v) is 17.2. The minimum Gasteiger partial charge on any atom is -0.497 e. The minimum atomic E-state index is -1.03. The van der Waals surface area contributed by atoms with Gasteiger partial charge in [0.2, 0.25) is 5.91 Å². The molecule has 1 unspecified atom stereocenters. The van der Waals surface area contributed by atoms with Gasteiger partial charge in [0.25, 0.3) is 0 Å². The van der Waals surface area contributed by atoms with E-state index in [4.69, 9.17) is 16.3 Å². The lowest BCUT2D eigenvalue weighted by Crippen LogP contribution is -2.27. The van der Waals surface area contributed by atoms with E-state index >= 15 is 0 Å². The van der Waals surface area contributed by atoms with E-state index in [9.17, 15) is 14.7 Å². The normalized spacial score (nSPS) is 11.7. The second-order valence-corrected chi connectivity index (χ2v) is 7.62. The quantitative estimate of drug-likeness (QED) is 0.538. The number of amides is 1. The first-order valence-corrected chi connectivity index (χ1v) is 10.1. The van der Waals surface area contributed by atoms with Crippen molar-refractivity contribution in [2.24, 2.45) is 5.92 Å². The molecule has 0 spiro atoms. The third-order valence-electron chi connectivity index (χ3n) is 4.32. The van der Waals surface area contributed by atoms with E-state index in [0.717, 1.165) is 11.1 Å². The summed E-state index contributed by atoms with van der Waals surface area (Å²) in [5.41, 5.74) is 2.27. The fraction of sp³-hybridized carbons (Fsp3) is 0.190. The molecule has 0 saturated carbocycles. The number of methoxy groups -OCH3 is 1. The SMILES string of the molecule is COc1ccc(CC(CC(=O)O)C(=O)Nc2nc(-c3ccccc3Cl)cs2)cc1. The summed E-state index contributed by atoms with van der Waals surface area (Å²) in [6.45, 7) is 0. The van der Waals surface area contributed by atoms with Gasteiger partial charge in [-0.05, 0) is 30.2 Å². The van der Waals surface area contributed by atoms with Crippen molar-refractivity contribution >= 4 is 39.9 Å². The number of carboxylic acid groups (broad SMARTS) is 1. The van der Waals surface area contributed by atoms with Gasteiger partial charge in [-0.3, -0.25) is 9.59 Å². The van der Waals surface area contributed by atoms with Crippen LogP contribution in [0, 0.1) is 5.92 Å². The molecule has 1 atom stereocenters. The molecule has 0 aliphatic carbocycles. The van der Waals surface area contributed by atoms with Crippen molar-refractivity contribution in [3.8, 4) is 17.0 Å². The Bertz CT molecular complexity index is 1000. The minimum absolute atomic E-state index is 0.277. The maximum atomic E-state index is 12.7. The topological polar surface area (TPSA) is 88.5 Å². The van der Waals surface area contributed by atoms with Crippen LogP contribution in [0.25, 0.3) is 11.3 Å². The summed E-state index contributed by atoms with van der Waals surface area (Å²) in [6, 6.07) is 14.5. The molecule has 150 valence electrons. The van der Waals surface area contributed by atoms with Crippen LogP contribution in [-0.4, -0.2) is 29.1 Å². The number of carbonyl (C=O) groups excluding carboxylic acids is 1. The molecule has 2 aromatic carbocycles. The Kier molecular flexibility index (Phi) is 6.85. The van der Waals surface area contributed by atoms with Crippen LogP contribution in [0.1, 0.15) is 12.0 Å². The molecule has 1 heterocycles. The monoisotopic (exact) mass is 430 g/mol. The van der Waals surface area contributed by atoms with Gasteiger partial charge in [0.15, 0.2) is 5.13 Å². The molecule has 1 amide bonds. The molecular formula is C21H19ClN2O4S. The average Bonchev–Trinajstić information content (AvgIpc) is 3.16. The standard InChI is InChI=1S/C21H19ClN2O4S/c1-28-15-8-6-13(7-9-15)10-14(11-19(25)26)20(27)24-21-23-18(12-29-21)16-4-2-3-5-17(16)22/h2-9,12,14H,10-11H2,1H3,(H,25,26)(H,23,24,27). The summed E-state index contributed by atoms with van der Waals surface area (Å²) in [7, 11) is 1.57. The first-order chi connectivity index (χ1) is 14.0. The Balaban J connectivity index is 1.73. The Morgan fingerprint density at radius 3 is 2.59 bits per heavy atom. The van der Waals surface area contributed by atoms with Gasteiger partial charge >= 0.3 is 5.97 Å². The van der Waals surface area contributed by atoms with Crippen LogP contribution in [0.15, 0.2) is 53.9 Å². The largest absolute Gasteiger partial charge is 0.497 e. The van der Waals surface area contributed by atoms with Gasteiger partial charge in [0, 0.05) is 16.0 Å². The Morgan fingerprint density at radius 1 is 1.21 bits per heavy atom. The number of carboxylic acids is 1. The number of anilines is 1. The summed E-state index contributed by atoms with van der Waals surface area (Å²) >= 11 is 7.46. The molecule has 6 nitrogen and oxygen atoms in total. The maximum absolute atomic E-state index is 12.7. The summed E-state index contributed by atoms with van der Waals surface area (Å²) < 4.78 is 5.12. The Morgan fingerprint density at radius 2 is 1.93 bits per heavy atom. The summed E-state index contributed by atoms with van der Waals surface area (Å²) in [5.74, 6) is -1.45. The van der Waals surface area contributed by atoms with Crippen molar-refractivity contribution in [3.63, 3.8) is 0 Å². The zero-order valence-electron chi connectivity index (χ0n) is 15.6. The van der Waals surface area contributed by atoms with E-state index < -0.39 is 11.9 Å². The van der Waals surface area contributed by atoms with Gasteiger partial charge in [-0.2, -0.15) is 0 Å². The second-order valence-electron chi connectivity index (χ2n) is 6.35. The number of ether oxygens (including phenoxy) is 1. The van der Waals surface area contributed by atoms with E-state index in [2.05, 4.69) is 10.3 Å². The number of aliphatic carboxylic acids is 1. The molecule has 3 rings (SSSR count). The molecule has 1 aromatic heterocycles. The Hall–Kier alpha value is -2.90. The lowest BCUT2D eigenvalue weighted by molar-refractivity contribution is -0.140. The van der Waals surface area contributed by atoms with E-state index in [1.807, 2.05) is 30.3 Å². The van der Waals surface area contributed by atoms with E-state index in [0.29, 0.717) is 28.0 Å². The van der Waals surface area contributed by atoms with Gasteiger partial charge in [-0.1, -0.05) is 41.9 Å². The Labute approximate surface area is 177 Å². The highest BCUT2D eigenvalue weighted by molar-refractivity contribution is 7.14. The molecule has 0 fully saturated rings. The van der Waals surface area contributed by atoms with Crippen LogP contribution in [-0.2, 0) is 16.0 Å². The molecule has 0 bridgehead atoms. The molecule has 0 saturated heterocycles. The van der Waals surface area contributed by atoms with Crippen molar-refractivity contribution < 1.29 is 19.4 Å². The molecule has 2 N–H and O–H groups in total. The van der Waals surface area contributed by atoms with Crippen molar-refractivity contribution in [1.29, 1.82) is 0 Å². The van der Waals surface area contributed by atoms with Crippen LogP contribution in [0.2, 0.25) is 5.02 Å². The number of carbonyl (C=O) groups is 2. The van der Waals surface area contributed by atoms with Gasteiger partial charge < -0.3 is 15.2 Å². The van der Waals surface area contributed by atoms with Crippen LogP contribution >= 0.6 is 22.9 Å². The summed E-state index contributed by atoms with van der Waals surface area (Å²) in [6.07, 6.45) is 0.0193. The molecular weight excluding hydrogens is 412 g/mol. The van der Waals surface area contributed by atoms with Crippen LogP contribution < -0.4 is 10.1 Å². The fourth-order valence-electron chi connectivity index (χ4n) is 2.85. The van der Waals surface area contributed by atoms with Gasteiger partial charge in [0.1, 0.15) is 5.75 Å². The highest BCUT2D eigenvalue weighted by Crippen LogP contribution is 2.30. The number of rotatable bonds is 8. The van der Waals surface area contributed by atoms with Crippen molar-refractivity contribution in [3.05, 3.63) is 64.5 Å². The lowest BCUT2D eigenvalue weighted by atomic mass is 9.95. The number of benzene rings is 2. The number of nitrogens with one attached hydrogen (secondary N) is 1. The second kappa shape index (κ2) is 9.54. The molecule has 0 aliphatic rings. The maximum Gasteiger partial charge on any atom is 0.304 e. The van der Waals surface area contributed by atoms with Gasteiger partial charge in [-0.15, -0.1) is 11.3 Å². The number of hydrogen-bond donors (Lipinski definition) is 2. The third kappa shape index (κ3) is 5.56. The van der Waals surface area contributed by atoms with Crippen LogP contribution in [0.5, 0.6) is 5.75 Å². The first kappa shape index (κ1) is 20.8. The van der Waals surface area contributed by atoms with Gasteiger partial charge in [0.05, 0.1) is 25.1 Å². The predicted molar refractivity (Wildman–Crippen MR) is 114 cm³/mol. The van der Waals surface area contributed by atoms with E-state index in [1.165, 1.54) is 11.3 Å². The molecule has 0 radical (unpaired) electrons. The van der Waals surface area contributed by atoms with Crippen LogP contribution in [0.4, 0.5) is 5.13 Å². The lowest BCUT2D eigenvalue weighted by Gasteiger charge is -2.14. The highest BCUT2D eigenvalue weighted by atomic mass is 35.5. The summed E-state index contributed by atoms with van der Waals surface area (Å²) in [5, 5.41) is 14.7. The number of hydrogen-bond acceptors (Lipinski definition) is 5. The van der Waals surface area contributed by atoms with Crippen molar-refractivity contribution in [1.82, 2.24) is 4.98 Å². The predicted octanol–water partition coefficient (Wildman–Crippen LogP) is 4.74. The zero-order chi connectivity index (χ0) is 20.8. The number of nitrogens with zero attached hydrogens (tertiary/aromatic N) is 1. The molecule has 8 heteroatoms. The van der Waals surface area contributed by atoms with Crippen LogP contribution in [0.3, 0.4) is 0 Å². The van der Waals surface area contributed by atoms with E-state index in [-0.39, 0.29) is 12.3 Å². The molecule has 0 aliphatic heterocycles. The average molecular weight is 431 g/mol. The number of halogens is 1. The van der Waals surface area contributed by atoms with Crippen molar-refractivity contribution in [2.75, 3.05) is 12.4 Å². The number of thiazole rings is 1. The van der Waals surface area contributed by atoms with Crippen molar-refractivity contribution in [2.45, 2.75) is 12.8 Å². The highest BCUT2D eigenvalue weighted by Gasteiger charge is 2.23. The summed E-state index contributed by atoms with van der Waals surface area (Å²) in [4.78, 5) is 28.4. The molecule has 3 aromatic rings. The smallest absolute Gasteiger partial charge is 0.304 e. The third-order valence-corrected chi connectivity index (χ3v) is 5.40. The van der Waals surface area contributed by atoms with E-state index in [1.54, 1.807) is 30.7 Å². The fourth-order valence-corrected chi connectivity index (χ4v) is 3.79. The molecule has 29 heavy (non-hydrogen) atoms. The first-order valence-electron chi connectivity index (χ1n) is 8.82. The van der Waals surface area contributed by atoms with Gasteiger partial charge in [-0.25, -0.2) is 4.98 Å².